The van der Waals surface area contributed by atoms with E-state index in [4.69, 9.17) is 9.47 Å². The summed E-state index contributed by atoms with van der Waals surface area (Å²) in [5.74, 6) is -0.197. The number of benzene rings is 2. The molecule has 1 aliphatic rings. The summed E-state index contributed by atoms with van der Waals surface area (Å²) in [6.07, 6.45) is 1.48. The Hall–Kier alpha value is -2.09. The van der Waals surface area contributed by atoms with Gasteiger partial charge in [0, 0.05) is 6.54 Å². The molecule has 6 heteroatoms. The van der Waals surface area contributed by atoms with Crippen molar-refractivity contribution in [2.24, 2.45) is 0 Å². The van der Waals surface area contributed by atoms with Gasteiger partial charge in [0.15, 0.2) is 0 Å². The van der Waals surface area contributed by atoms with Crippen LogP contribution in [0.4, 0.5) is 4.79 Å². The predicted octanol–water partition coefficient (Wildman–Crippen LogP) is 5.11. The average Bonchev–Trinajstić information content (AvgIpc) is 2.75. The molecule has 2 aromatic carbocycles. The second-order valence-corrected chi connectivity index (χ2v) is 8.65. The molecule has 0 N–H and O–H groups in total. The van der Waals surface area contributed by atoms with Crippen LogP contribution in [0.25, 0.3) is 0 Å². The molecule has 1 fully saturated rings. The van der Waals surface area contributed by atoms with Crippen LogP contribution in [0.1, 0.15) is 37.3 Å². The van der Waals surface area contributed by atoms with Crippen molar-refractivity contribution < 1.29 is 19.1 Å². The Morgan fingerprint density at radius 2 is 1.72 bits per heavy atom. The summed E-state index contributed by atoms with van der Waals surface area (Å²) in [4.78, 5) is 26.9. The van der Waals surface area contributed by atoms with Crippen molar-refractivity contribution in [3.63, 3.8) is 0 Å². The van der Waals surface area contributed by atoms with Gasteiger partial charge in [-0.25, -0.2) is 4.79 Å². The number of hydrogen-bond acceptors (Lipinski definition) is 4. The maximum Gasteiger partial charge on any atom is 0.410 e. The number of ether oxygens (including phenoxy) is 2. The van der Waals surface area contributed by atoms with Gasteiger partial charge in [-0.1, -0.05) is 90.2 Å². The number of alkyl halides is 1. The molecule has 0 aliphatic carbocycles. The number of amides is 1. The number of halogens is 1. The van der Waals surface area contributed by atoms with Gasteiger partial charge in [-0.15, -0.1) is 0 Å². The molecule has 0 bridgehead atoms. The number of hydrogen-bond donors (Lipinski definition) is 0. The van der Waals surface area contributed by atoms with Crippen LogP contribution < -0.4 is 0 Å². The Kier molecular flexibility index (Phi) is 7.91. The third-order valence-corrected chi connectivity index (χ3v) is 6.24. The molecule has 0 aromatic heterocycles. The molecule has 0 radical (unpaired) electrons. The van der Waals surface area contributed by atoms with Crippen LogP contribution in [-0.2, 0) is 27.4 Å². The molecule has 1 aliphatic heterocycles. The highest BCUT2D eigenvalue weighted by atomic mass is 127. The van der Waals surface area contributed by atoms with Crippen molar-refractivity contribution in [3.8, 4) is 0 Å². The van der Waals surface area contributed by atoms with E-state index < -0.39 is 6.09 Å². The molecule has 3 rings (SSSR count). The van der Waals surface area contributed by atoms with Crippen LogP contribution in [0.2, 0.25) is 0 Å². The molecule has 0 spiro atoms. The van der Waals surface area contributed by atoms with E-state index in [1.807, 2.05) is 67.6 Å². The second kappa shape index (κ2) is 10.6. The molecule has 154 valence electrons. The van der Waals surface area contributed by atoms with E-state index in [0.29, 0.717) is 13.0 Å². The lowest BCUT2D eigenvalue weighted by molar-refractivity contribution is -0.156. The molecule has 1 heterocycles. The fraction of sp³-hybridized carbons (Fsp3) is 0.391. The van der Waals surface area contributed by atoms with Gasteiger partial charge in [-0.3, -0.25) is 9.69 Å². The zero-order valence-corrected chi connectivity index (χ0v) is 18.7. The Labute approximate surface area is 185 Å². The van der Waals surface area contributed by atoms with E-state index in [-0.39, 0.29) is 28.6 Å². The molecule has 1 amide bonds. The molecule has 1 saturated heterocycles. The summed E-state index contributed by atoms with van der Waals surface area (Å²) in [6, 6.07) is 19.2. The highest BCUT2D eigenvalue weighted by Gasteiger charge is 2.37. The smallest absolute Gasteiger partial charge is 0.410 e. The summed E-state index contributed by atoms with van der Waals surface area (Å²) in [5, 5.41) is 0. The minimum absolute atomic E-state index is 0.117. The van der Waals surface area contributed by atoms with E-state index in [0.717, 1.165) is 24.0 Å². The summed E-state index contributed by atoms with van der Waals surface area (Å²) >= 11 is 2.12. The second-order valence-electron chi connectivity index (χ2n) is 7.15. The Bertz CT molecular complexity index is 799. The van der Waals surface area contributed by atoms with Gasteiger partial charge in [0.1, 0.15) is 16.6 Å². The maximum atomic E-state index is 13.1. The topological polar surface area (TPSA) is 55.8 Å². The minimum atomic E-state index is -0.391. The molecular formula is C23H26INO4. The normalized spacial score (nSPS) is 19.9. The Balaban J connectivity index is 1.77. The number of cyclic esters (lactones) is 1. The summed E-state index contributed by atoms with van der Waals surface area (Å²) in [6.45, 7) is 2.63. The first-order chi connectivity index (χ1) is 14.1. The first kappa shape index (κ1) is 21.6. The van der Waals surface area contributed by atoms with Gasteiger partial charge in [0.2, 0.25) is 0 Å². The van der Waals surface area contributed by atoms with Crippen molar-refractivity contribution in [1.29, 1.82) is 0 Å². The van der Waals surface area contributed by atoms with Crippen LogP contribution in [0.15, 0.2) is 60.7 Å². The highest BCUT2D eigenvalue weighted by Crippen LogP contribution is 2.28. The van der Waals surface area contributed by atoms with Crippen molar-refractivity contribution in [3.05, 3.63) is 71.8 Å². The lowest BCUT2D eigenvalue weighted by atomic mass is 9.98. The molecule has 2 aromatic rings. The third-order valence-electron chi connectivity index (χ3n) is 5.11. The number of carbonyl (C=O) groups excluding carboxylic acids is 2. The standard InChI is InChI=1S/C23H26INO4/c1-2-20(21-14-13-19(24)22(26)29-21)25(15-17-9-5-3-6-10-17)23(27)28-16-18-11-7-4-8-12-18/h3-12,19-21H,2,13-16H2,1H3/t19?,20-,21+/m1/s1. The molecule has 3 atom stereocenters. The van der Waals surface area contributed by atoms with E-state index in [9.17, 15) is 9.59 Å². The quantitative estimate of drug-likeness (QED) is 0.297. The van der Waals surface area contributed by atoms with E-state index in [2.05, 4.69) is 22.6 Å². The van der Waals surface area contributed by atoms with Crippen LogP contribution in [0.3, 0.4) is 0 Å². The van der Waals surface area contributed by atoms with Crippen LogP contribution in [0, 0.1) is 0 Å². The third kappa shape index (κ3) is 5.95. The van der Waals surface area contributed by atoms with Crippen molar-refractivity contribution >= 4 is 34.7 Å². The number of esters is 1. The lowest BCUT2D eigenvalue weighted by Crippen LogP contribution is -2.50. The molecular weight excluding hydrogens is 481 g/mol. The van der Waals surface area contributed by atoms with Gasteiger partial charge in [0.25, 0.3) is 0 Å². The number of rotatable bonds is 7. The van der Waals surface area contributed by atoms with Crippen LogP contribution >= 0.6 is 22.6 Å². The molecule has 0 saturated carbocycles. The van der Waals surface area contributed by atoms with Crippen molar-refractivity contribution in [2.75, 3.05) is 0 Å². The predicted molar refractivity (Wildman–Crippen MR) is 120 cm³/mol. The fourth-order valence-electron chi connectivity index (χ4n) is 3.56. The van der Waals surface area contributed by atoms with Gasteiger partial charge in [-0.05, 0) is 30.4 Å². The van der Waals surface area contributed by atoms with Crippen molar-refractivity contribution in [2.45, 2.75) is 55.4 Å². The zero-order chi connectivity index (χ0) is 20.6. The monoisotopic (exact) mass is 507 g/mol. The molecule has 29 heavy (non-hydrogen) atoms. The number of nitrogens with zero attached hydrogens (tertiary/aromatic N) is 1. The van der Waals surface area contributed by atoms with Gasteiger partial charge < -0.3 is 9.47 Å². The maximum absolute atomic E-state index is 13.1. The highest BCUT2D eigenvalue weighted by molar-refractivity contribution is 14.1. The van der Waals surface area contributed by atoms with E-state index in [1.165, 1.54) is 0 Å². The van der Waals surface area contributed by atoms with Crippen molar-refractivity contribution in [1.82, 2.24) is 4.90 Å². The van der Waals surface area contributed by atoms with Crippen LogP contribution in [-0.4, -0.2) is 33.0 Å². The lowest BCUT2D eigenvalue weighted by Gasteiger charge is -2.38. The van der Waals surface area contributed by atoms with E-state index in [1.54, 1.807) is 4.90 Å². The van der Waals surface area contributed by atoms with Crippen LogP contribution in [0.5, 0.6) is 0 Å². The molecule has 5 nitrogen and oxygen atoms in total. The minimum Gasteiger partial charge on any atom is -0.459 e. The number of carbonyl (C=O) groups is 2. The first-order valence-corrected chi connectivity index (χ1v) is 11.2. The fourth-order valence-corrected chi connectivity index (χ4v) is 4.07. The van der Waals surface area contributed by atoms with Gasteiger partial charge >= 0.3 is 12.1 Å². The SMILES string of the molecule is CC[C@H]([C@@H]1CCC(I)C(=O)O1)N(Cc1ccccc1)C(=O)OCc1ccccc1. The zero-order valence-electron chi connectivity index (χ0n) is 16.5. The largest absolute Gasteiger partial charge is 0.459 e. The Morgan fingerprint density at radius 3 is 2.31 bits per heavy atom. The average molecular weight is 507 g/mol. The van der Waals surface area contributed by atoms with E-state index >= 15 is 0 Å². The Morgan fingerprint density at radius 1 is 1.10 bits per heavy atom. The van der Waals surface area contributed by atoms with Gasteiger partial charge in [-0.2, -0.15) is 0 Å². The van der Waals surface area contributed by atoms with Gasteiger partial charge in [0.05, 0.1) is 6.04 Å². The summed E-state index contributed by atoms with van der Waals surface area (Å²) < 4.78 is 11.2. The summed E-state index contributed by atoms with van der Waals surface area (Å²) in [7, 11) is 0. The summed E-state index contributed by atoms with van der Waals surface area (Å²) in [5.41, 5.74) is 1.95. The first-order valence-electron chi connectivity index (χ1n) is 9.94. The molecule has 1 unspecified atom stereocenters.